The van der Waals surface area contributed by atoms with Gasteiger partial charge in [0.05, 0.1) is 12.1 Å². The van der Waals surface area contributed by atoms with Crippen molar-refractivity contribution in [3.63, 3.8) is 0 Å². The van der Waals surface area contributed by atoms with Crippen molar-refractivity contribution >= 4 is 6.09 Å². The monoisotopic (exact) mass is 331 g/mol. The Morgan fingerprint density at radius 3 is 2.50 bits per heavy atom. The Morgan fingerprint density at radius 2 is 1.96 bits per heavy atom. The van der Waals surface area contributed by atoms with Gasteiger partial charge in [0.2, 0.25) is 0 Å². The number of amides is 1. The third-order valence-corrected chi connectivity index (χ3v) is 4.06. The number of benzene rings is 1. The number of carbonyl (C=O) groups is 1. The molecule has 0 aliphatic carbocycles. The van der Waals surface area contributed by atoms with Crippen molar-refractivity contribution in [1.82, 2.24) is 4.90 Å². The Kier molecular flexibility index (Phi) is 5.38. The largest absolute Gasteiger partial charge is 0.444 e. The van der Waals surface area contributed by atoms with Crippen LogP contribution in [-0.4, -0.2) is 34.5 Å². The highest BCUT2D eigenvalue weighted by atomic mass is 16.6. The Morgan fingerprint density at radius 1 is 1.33 bits per heavy atom. The molecule has 0 aromatic heterocycles. The summed E-state index contributed by atoms with van der Waals surface area (Å²) in [5, 5.41) is 0. The summed E-state index contributed by atoms with van der Waals surface area (Å²) in [5.74, 6) is 0. The van der Waals surface area contributed by atoms with Crippen LogP contribution in [0.3, 0.4) is 0 Å². The lowest BCUT2D eigenvalue weighted by atomic mass is 9.98. The van der Waals surface area contributed by atoms with Crippen molar-refractivity contribution in [2.45, 2.75) is 70.9 Å². The van der Waals surface area contributed by atoms with E-state index in [2.05, 4.69) is 18.7 Å². The normalized spacial score (nSPS) is 23.1. The lowest BCUT2D eigenvalue weighted by Crippen LogP contribution is -2.51. The van der Waals surface area contributed by atoms with E-state index in [0.29, 0.717) is 6.42 Å². The molecule has 1 fully saturated rings. The number of nitrogens with zero attached hydrogens (tertiary/aromatic N) is 1. The standard InChI is InChI=1S/C20H29NO3/c1-7-11-17-16(14-15-12-9-8-10-13-15)21(20(5,6)23-17)18(22)24-19(2,3)4/h7-10,12-13,16-17H,1,11,14H2,2-6H3/t16-,17-/m0/s1. The van der Waals surface area contributed by atoms with Crippen LogP contribution in [0.25, 0.3) is 0 Å². The topological polar surface area (TPSA) is 38.8 Å². The van der Waals surface area contributed by atoms with Gasteiger partial charge in [0.1, 0.15) is 11.3 Å². The molecule has 132 valence electrons. The summed E-state index contributed by atoms with van der Waals surface area (Å²) in [6, 6.07) is 10.1. The maximum absolute atomic E-state index is 12.8. The molecule has 1 aromatic carbocycles. The van der Waals surface area contributed by atoms with Gasteiger partial charge in [-0.3, -0.25) is 4.90 Å². The molecule has 0 N–H and O–H groups in total. The summed E-state index contributed by atoms with van der Waals surface area (Å²) < 4.78 is 11.8. The highest BCUT2D eigenvalue weighted by molar-refractivity contribution is 5.70. The van der Waals surface area contributed by atoms with E-state index in [-0.39, 0.29) is 18.2 Å². The molecule has 4 nitrogen and oxygen atoms in total. The van der Waals surface area contributed by atoms with E-state index in [4.69, 9.17) is 9.47 Å². The highest BCUT2D eigenvalue weighted by Gasteiger charge is 2.50. The van der Waals surface area contributed by atoms with Gasteiger partial charge >= 0.3 is 6.09 Å². The molecule has 1 amide bonds. The van der Waals surface area contributed by atoms with Crippen molar-refractivity contribution in [2.75, 3.05) is 0 Å². The van der Waals surface area contributed by atoms with Gasteiger partial charge in [-0.25, -0.2) is 4.79 Å². The van der Waals surface area contributed by atoms with Gasteiger partial charge in [-0.05, 0) is 53.0 Å². The second-order valence-corrected chi connectivity index (χ2v) is 7.73. The molecule has 4 heteroatoms. The van der Waals surface area contributed by atoms with Crippen LogP contribution < -0.4 is 0 Å². The minimum atomic E-state index is -0.713. The van der Waals surface area contributed by atoms with Gasteiger partial charge in [0.15, 0.2) is 0 Å². The molecule has 0 unspecified atom stereocenters. The number of carbonyl (C=O) groups excluding carboxylic acids is 1. The fraction of sp³-hybridized carbons (Fsp3) is 0.550. The summed E-state index contributed by atoms with van der Waals surface area (Å²) in [5.41, 5.74) is -0.0809. The zero-order chi connectivity index (χ0) is 18.0. The lowest BCUT2D eigenvalue weighted by molar-refractivity contribution is -0.0780. The third kappa shape index (κ3) is 4.38. The van der Waals surface area contributed by atoms with Crippen molar-refractivity contribution in [3.05, 3.63) is 48.6 Å². The summed E-state index contributed by atoms with van der Waals surface area (Å²) >= 11 is 0. The van der Waals surface area contributed by atoms with Crippen LogP contribution in [0.2, 0.25) is 0 Å². The average molecular weight is 331 g/mol. The lowest BCUT2D eigenvalue weighted by Gasteiger charge is -2.35. The Bertz CT molecular complexity index is 574. The van der Waals surface area contributed by atoms with Crippen LogP contribution in [-0.2, 0) is 15.9 Å². The first kappa shape index (κ1) is 18.5. The Hall–Kier alpha value is -1.81. The molecule has 1 aliphatic heterocycles. The molecule has 2 atom stereocenters. The van der Waals surface area contributed by atoms with Crippen molar-refractivity contribution < 1.29 is 14.3 Å². The molecular formula is C20H29NO3. The molecule has 0 bridgehead atoms. The quantitative estimate of drug-likeness (QED) is 0.760. The second kappa shape index (κ2) is 6.98. The Labute approximate surface area is 145 Å². The first-order valence-corrected chi connectivity index (χ1v) is 8.49. The van der Waals surface area contributed by atoms with E-state index in [0.717, 1.165) is 6.42 Å². The number of ether oxygens (including phenoxy) is 2. The Balaban J connectivity index is 2.30. The van der Waals surface area contributed by atoms with Crippen LogP contribution in [0.4, 0.5) is 4.79 Å². The minimum Gasteiger partial charge on any atom is -0.444 e. The van der Waals surface area contributed by atoms with Gasteiger partial charge < -0.3 is 9.47 Å². The first-order valence-electron chi connectivity index (χ1n) is 8.49. The van der Waals surface area contributed by atoms with Gasteiger partial charge in [-0.1, -0.05) is 36.4 Å². The second-order valence-electron chi connectivity index (χ2n) is 7.73. The average Bonchev–Trinajstić information content (AvgIpc) is 2.69. The van der Waals surface area contributed by atoms with Crippen LogP contribution >= 0.6 is 0 Å². The predicted octanol–water partition coefficient (Wildman–Crippen LogP) is 4.55. The van der Waals surface area contributed by atoms with Crippen LogP contribution in [0.1, 0.15) is 46.6 Å². The molecule has 1 aromatic rings. The zero-order valence-electron chi connectivity index (χ0n) is 15.4. The van der Waals surface area contributed by atoms with E-state index >= 15 is 0 Å². The molecular weight excluding hydrogens is 302 g/mol. The fourth-order valence-corrected chi connectivity index (χ4v) is 3.19. The van der Waals surface area contributed by atoms with E-state index in [1.807, 2.05) is 58.9 Å². The van der Waals surface area contributed by atoms with Crippen LogP contribution in [0.15, 0.2) is 43.0 Å². The summed E-state index contributed by atoms with van der Waals surface area (Å²) in [4.78, 5) is 14.6. The number of hydrogen-bond donors (Lipinski definition) is 0. The van der Waals surface area contributed by atoms with E-state index in [1.165, 1.54) is 5.56 Å². The fourth-order valence-electron chi connectivity index (χ4n) is 3.19. The molecule has 2 rings (SSSR count). The smallest absolute Gasteiger partial charge is 0.412 e. The molecule has 0 saturated carbocycles. The zero-order valence-corrected chi connectivity index (χ0v) is 15.4. The molecule has 0 radical (unpaired) electrons. The molecule has 0 spiro atoms. The molecule has 1 saturated heterocycles. The van der Waals surface area contributed by atoms with Crippen molar-refractivity contribution in [3.8, 4) is 0 Å². The summed E-state index contributed by atoms with van der Waals surface area (Å²) in [7, 11) is 0. The summed E-state index contributed by atoms with van der Waals surface area (Å²) in [6.07, 6.45) is 2.84. The third-order valence-electron chi connectivity index (χ3n) is 4.06. The molecule has 24 heavy (non-hydrogen) atoms. The van der Waals surface area contributed by atoms with Gasteiger partial charge in [-0.15, -0.1) is 6.58 Å². The van der Waals surface area contributed by atoms with Gasteiger partial charge in [-0.2, -0.15) is 0 Å². The van der Waals surface area contributed by atoms with Crippen LogP contribution in [0.5, 0.6) is 0 Å². The minimum absolute atomic E-state index is 0.0877. The molecule has 1 heterocycles. The first-order chi connectivity index (χ1) is 11.1. The van der Waals surface area contributed by atoms with Crippen LogP contribution in [0, 0.1) is 0 Å². The maximum atomic E-state index is 12.8. The predicted molar refractivity (Wildman–Crippen MR) is 95.8 cm³/mol. The van der Waals surface area contributed by atoms with Gasteiger partial charge in [0.25, 0.3) is 0 Å². The SMILES string of the molecule is C=CC[C@@H]1OC(C)(C)N(C(=O)OC(C)(C)C)[C@H]1Cc1ccccc1. The van der Waals surface area contributed by atoms with E-state index in [9.17, 15) is 4.79 Å². The van der Waals surface area contributed by atoms with Crippen molar-refractivity contribution in [1.29, 1.82) is 0 Å². The number of hydrogen-bond acceptors (Lipinski definition) is 3. The molecule has 1 aliphatic rings. The number of rotatable bonds is 4. The summed E-state index contributed by atoms with van der Waals surface area (Å²) in [6.45, 7) is 13.3. The van der Waals surface area contributed by atoms with Gasteiger partial charge in [0, 0.05) is 0 Å². The highest BCUT2D eigenvalue weighted by Crippen LogP contribution is 2.36. The van der Waals surface area contributed by atoms with E-state index < -0.39 is 11.3 Å². The maximum Gasteiger partial charge on any atom is 0.412 e. The van der Waals surface area contributed by atoms with E-state index in [1.54, 1.807) is 4.90 Å². The van der Waals surface area contributed by atoms with Crippen molar-refractivity contribution in [2.24, 2.45) is 0 Å².